The van der Waals surface area contributed by atoms with Crippen LogP contribution in [0.15, 0.2) is 12.1 Å². The molecule has 0 saturated carbocycles. The number of alkyl halides is 3. The SMILES string of the molecule is CN(CCC(F)(F)F)Cc1ccc(Cl)nc1Cl. The van der Waals surface area contributed by atoms with Crippen molar-refractivity contribution in [3.8, 4) is 0 Å². The van der Waals surface area contributed by atoms with Gasteiger partial charge in [-0.05, 0) is 13.1 Å². The predicted octanol–water partition coefficient (Wildman–Crippen LogP) is 3.77. The van der Waals surface area contributed by atoms with Crippen LogP contribution in [0.3, 0.4) is 0 Å². The maximum absolute atomic E-state index is 12.0. The summed E-state index contributed by atoms with van der Waals surface area (Å²) in [6.07, 6.45) is -4.99. The van der Waals surface area contributed by atoms with Crippen molar-refractivity contribution >= 4 is 23.2 Å². The highest BCUT2D eigenvalue weighted by Gasteiger charge is 2.27. The van der Waals surface area contributed by atoms with Gasteiger partial charge in [0, 0.05) is 18.7 Å². The molecule has 0 bridgehead atoms. The smallest absolute Gasteiger partial charge is 0.302 e. The third-order valence-electron chi connectivity index (χ3n) is 2.11. The number of rotatable bonds is 4. The molecular weight excluding hydrogens is 276 g/mol. The third kappa shape index (κ3) is 5.57. The minimum absolute atomic E-state index is 0.0809. The average Bonchev–Trinajstić information content (AvgIpc) is 2.18. The molecule has 0 spiro atoms. The van der Waals surface area contributed by atoms with Crippen molar-refractivity contribution in [2.45, 2.75) is 19.1 Å². The Balaban J connectivity index is 2.53. The fraction of sp³-hybridized carbons (Fsp3) is 0.500. The number of hydrogen-bond donors (Lipinski definition) is 0. The van der Waals surface area contributed by atoms with Gasteiger partial charge in [-0.2, -0.15) is 13.2 Å². The van der Waals surface area contributed by atoms with Crippen LogP contribution in [0.5, 0.6) is 0 Å². The lowest BCUT2D eigenvalue weighted by molar-refractivity contribution is -0.137. The second-order valence-corrected chi connectivity index (χ2v) is 4.43. The number of hydrogen-bond acceptors (Lipinski definition) is 2. The summed E-state index contributed by atoms with van der Waals surface area (Å²) in [7, 11) is 1.59. The molecule has 0 saturated heterocycles. The second-order valence-electron chi connectivity index (χ2n) is 3.69. The zero-order valence-corrected chi connectivity index (χ0v) is 10.6. The highest BCUT2D eigenvalue weighted by atomic mass is 35.5. The van der Waals surface area contributed by atoms with Gasteiger partial charge in [0.05, 0.1) is 6.42 Å². The lowest BCUT2D eigenvalue weighted by Crippen LogP contribution is -2.24. The summed E-state index contributed by atoms with van der Waals surface area (Å²) in [6, 6.07) is 3.21. The zero-order chi connectivity index (χ0) is 13.1. The molecular formula is C10H11Cl2F3N2. The summed E-state index contributed by atoms with van der Waals surface area (Å²) in [5, 5.41) is 0.480. The van der Waals surface area contributed by atoms with Gasteiger partial charge in [0.1, 0.15) is 10.3 Å². The summed E-state index contributed by atoms with van der Waals surface area (Å²) in [4.78, 5) is 5.35. The van der Waals surface area contributed by atoms with E-state index >= 15 is 0 Å². The minimum atomic E-state index is -4.14. The molecule has 0 aromatic carbocycles. The van der Waals surface area contributed by atoms with E-state index in [9.17, 15) is 13.2 Å². The van der Waals surface area contributed by atoms with Gasteiger partial charge in [0.15, 0.2) is 0 Å². The average molecular weight is 287 g/mol. The first-order valence-electron chi connectivity index (χ1n) is 4.84. The maximum atomic E-state index is 12.0. The van der Waals surface area contributed by atoms with Crippen molar-refractivity contribution in [1.82, 2.24) is 9.88 Å². The molecule has 1 aromatic rings. The van der Waals surface area contributed by atoms with E-state index in [4.69, 9.17) is 23.2 Å². The summed E-state index contributed by atoms with van der Waals surface area (Å²) in [6.45, 7) is 0.224. The molecule has 17 heavy (non-hydrogen) atoms. The Morgan fingerprint density at radius 3 is 2.47 bits per heavy atom. The number of halogens is 5. The molecule has 96 valence electrons. The Hall–Kier alpha value is -0.520. The highest BCUT2D eigenvalue weighted by Crippen LogP contribution is 2.21. The van der Waals surface area contributed by atoms with Crippen molar-refractivity contribution in [3.63, 3.8) is 0 Å². The predicted molar refractivity (Wildman–Crippen MR) is 61.3 cm³/mol. The largest absolute Gasteiger partial charge is 0.390 e. The van der Waals surface area contributed by atoms with Gasteiger partial charge in [-0.3, -0.25) is 0 Å². The fourth-order valence-corrected chi connectivity index (χ4v) is 1.65. The van der Waals surface area contributed by atoms with Crippen molar-refractivity contribution in [2.24, 2.45) is 0 Å². The molecule has 1 rings (SSSR count). The first-order valence-corrected chi connectivity index (χ1v) is 5.60. The first kappa shape index (κ1) is 14.5. The molecule has 7 heteroatoms. The van der Waals surface area contributed by atoms with Gasteiger partial charge >= 0.3 is 6.18 Å². The fourth-order valence-electron chi connectivity index (χ4n) is 1.25. The number of aromatic nitrogens is 1. The van der Waals surface area contributed by atoms with Gasteiger partial charge in [0.25, 0.3) is 0 Å². The second kappa shape index (κ2) is 5.89. The summed E-state index contributed by atoms with van der Waals surface area (Å²) < 4.78 is 36.0. The maximum Gasteiger partial charge on any atom is 0.390 e. The molecule has 0 aliphatic heterocycles. The molecule has 0 amide bonds. The van der Waals surface area contributed by atoms with E-state index in [0.29, 0.717) is 12.1 Å². The van der Waals surface area contributed by atoms with Gasteiger partial charge < -0.3 is 4.90 Å². The molecule has 0 N–H and O–H groups in total. The molecule has 1 heterocycles. The molecule has 0 aliphatic carbocycles. The topological polar surface area (TPSA) is 16.1 Å². The van der Waals surface area contributed by atoms with E-state index in [2.05, 4.69) is 4.98 Å². The van der Waals surface area contributed by atoms with Gasteiger partial charge in [-0.1, -0.05) is 29.3 Å². The van der Waals surface area contributed by atoms with Gasteiger partial charge in [-0.15, -0.1) is 0 Å². The van der Waals surface area contributed by atoms with Crippen molar-refractivity contribution in [3.05, 3.63) is 28.0 Å². The zero-order valence-electron chi connectivity index (χ0n) is 9.06. The standard InChI is InChI=1S/C10H11Cl2F3N2/c1-17(5-4-10(13,14)15)6-7-2-3-8(11)16-9(7)12/h2-3H,4-6H2,1H3. The van der Waals surface area contributed by atoms with E-state index < -0.39 is 12.6 Å². The molecule has 0 fully saturated rings. The van der Waals surface area contributed by atoms with E-state index in [1.165, 1.54) is 4.90 Å². The quantitative estimate of drug-likeness (QED) is 0.784. The molecule has 0 atom stereocenters. The lowest BCUT2D eigenvalue weighted by Gasteiger charge is -2.18. The Morgan fingerprint density at radius 2 is 1.94 bits per heavy atom. The summed E-state index contributed by atoms with van der Waals surface area (Å²) in [5.74, 6) is 0. The van der Waals surface area contributed by atoms with Crippen LogP contribution >= 0.6 is 23.2 Å². The van der Waals surface area contributed by atoms with E-state index in [1.807, 2.05) is 0 Å². The monoisotopic (exact) mass is 286 g/mol. The first-order chi connectivity index (χ1) is 7.78. The van der Waals surface area contributed by atoms with Crippen molar-refractivity contribution in [2.75, 3.05) is 13.6 Å². The Morgan fingerprint density at radius 1 is 1.29 bits per heavy atom. The van der Waals surface area contributed by atoms with Crippen LogP contribution in [0.25, 0.3) is 0 Å². The Labute approximate surface area is 107 Å². The Bertz CT molecular complexity index is 382. The Kier molecular flexibility index (Phi) is 5.04. The van der Waals surface area contributed by atoms with Gasteiger partial charge in [0.2, 0.25) is 0 Å². The van der Waals surface area contributed by atoms with Crippen LogP contribution in [-0.4, -0.2) is 29.7 Å². The van der Waals surface area contributed by atoms with Crippen LogP contribution in [-0.2, 0) is 6.54 Å². The number of pyridine rings is 1. The lowest BCUT2D eigenvalue weighted by atomic mass is 10.2. The molecule has 0 aliphatic rings. The van der Waals surface area contributed by atoms with E-state index in [1.54, 1.807) is 19.2 Å². The minimum Gasteiger partial charge on any atom is -0.302 e. The summed E-state index contributed by atoms with van der Waals surface area (Å²) >= 11 is 11.4. The van der Waals surface area contributed by atoms with E-state index in [0.717, 1.165) is 0 Å². The third-order valence-corrected chi connectivity index (χ3v) is 2.65. The molecule has 1 aromatic heterocycles. The molecule has 0 radical (unpaired) electrons. The van der Waals surface area contributed by atoms with E-state index in [-0.39, 0.29) is 16.9 Å². The van der Waals surface area contributed by atoms with Crippen LogP contribution in [0.1, 0.15) is 12.0 Å². The van der Waals surface area contributed by atoms with Gasteiger partial charge in [-0.25, -0.2) is 4.98 Å². The van der Waals surface area contributed by atoms with Crippen molar-refractivity contribution < 1.29 is 13.2 Å². The number of nitrogens with zero attached hydrogens (tertiary/aromatic N) is 2. The van der Waals surface area contributed by atoms with Crippen LogP contribution in [0, 0.1) is 0 Å². The highest BCUT2D eigenvalue weighted by molar-refractivity contribution is 6.32. The molecule has 2 nitrogen and oxygen atoms in total. The normalized spacial score (nSPS) is 12.2. The summed E-state index contributed by atoms with van der Waals surface area (Å²) in [5.41, 5.74) is 0.653. The van der Waals surface area contributed by atoms with Crippen LogP contribution in [0.4, 0.5) is 13.2 Å². The molecule has 0 unspecified atom stereocenters. The van der Waals surface area contributed by atoms with Crippen LogP contribution < -0.4 is 0 Å². The van der Waals surface area contributed by atoms with Crippen molar-refractivity contribution in [1.29, 1.82) is 0 Å². The van der Waals surface area contributed by atoms with Crippen LogP contribution in [0.2, 0.25) is 10.3 Å².